The number of fused-ring (bicyclic) bond motifs is 1. The number of aromatic nitrogens is 6. The summed E-state index contributed by atoms with van der Waals surface area (Å²) in [6.45, 7) is 0. The zero-order chi connectivity index (χ0) is 19.9. The van der Waals surface area contributed by atoms with E-state index in [1.54, 1.807) is 31.3 Å². The largest absolute Gasteiger partial charge is 0.494 e. The Morgan fingerprint density at radius 3 is 2.82 bits per heavy atom. The Morgan fingerprint density at radius 2 is 2.07 bits per heavy atom. The van der Waals surface area contributed by atoms with Crippen molar-refractivity contribution < 1.29 is 13.2 Å². The SMILES string of the molecule is COc1ccc2nnn(C)c2c1NS(=O)(=O)c1cnn(-c2cc(Cl)ccn2)c1. The summed E-state index contributed by atoms with van der Waals surface area (Å²) in [5.41, 5.74) is 1.26. The van der Waals surface area contributed by atoms with Crippen molar-refractivity contribution in [3.05, 3.63) is 47.9 Å². The van der Waals surface area contributed by atoms with Gasteiger partial charge in [0, 0.05) is 24.3 Å². The number of nitrogens with zero attached hydrogens (tertiary/aromatic N) is 6. The minimum absolute atomic E-state index is 0.0524. The van der Waals surface area contributed by atoms with Gasteiger partial charge >= 0.3 is 0 Å². The van der Waals surface area contributed by atoms with Gasteiger partial charge in [-0.25, -0.2) is 22.8 Å². The van der Waals surface area contributed by atoms with Gasteiger partial charge in [0.2, 0.25) is 0 Å². The molecule has 12 heteroatoms. The molecule has 4 rings (SSSR count). The van der Waals surface area contributed by atoms with Crippen molar-refractivity contribution in [3.8, 4) is 11.6 Å². The minimum Gasteiger partial charge on any atom is -0.494 e. The van der Waals surface area contributed by atoms with Crippen LogP contribution in [0.3, 0.4) is 0 Å². The second-order valence-electron chi connectivity index (χ2n) is 5.78. The first-order valence-electron chi connectivity index (χ1n) is 7.95. The Labute approximate surface area is 164 Å². The third kappa shape index (κ3) is 3.14. The van der Waals surface area contributed by atoms with Crippen molar-refractivity contribution in [2.45, 2.75) is 4.90 Å². The van der Waals surface area contributed by atoms with Crippen LogP contribution in [0, 0.1) is 0 Å². The number of benzene rings is 1. The lowest BCUT2D eigenvalue weighted by Gasteiger charge is -2.12. The molecule has 0 aliphatic rings. The second kappa shape index (κ2) is 6.77. The molecule has 0 amide bonds. The second-order valence-corrected chi connectivity index (χ2v) is 7.90. The maximum atomic E-state index is 12.9. The topological polar surface area (TPSA) is 117 Å². The number of hydrogen-bond donors (Lipinski definition) is 1. The molecule has 0 aliphatic heterocycles. The first kappa shape index (κ1) is 18.2. The van der Waals surface area contributed by atoms with E-state index in [-0.39, 0.29) is 10.6 Å². The molecule has 0 atom stereocenters. The molecular weight excluding hydrogens is 406 g/mol. The zero-order valence-electron chi connectivity index (χ0n) is 14.7. The van der Waals surface area contributed by atoms with E-state index in [0.29, 0.717) is 27.6 Å². The Morgan fingerprint density at radius 1 is 1.25 bits per heavy atom. The van der Waals surface area contributed by atoms with Gasteiger partial charge in [0.05, 0.1) is 19.5 Å². The quantitative estimate of drug-likeness (QED) is 0.525. The lowest BCUT2D eigenvalue weighted by Crippen LogP contribution is -2.14. The van der Waals surface area contributed by atoms with Gasteiger partial charge < -0.3 is 4.74 Å². The number of pyridine rings is 1. The Balaban J connectivity index is 1.75. The summed E-state index contributed by atoms with van der Waals surface area (Å²) >= 11 is 5.95. The molecule has 0 saturated carbocycles. The van der Waals surface area contributed by atoms with Gasteiger partial charge in [-0.1, -0.05) is 16.8 Å². The summed E-state index contributed by atoms with van der Waals surface area (Å²) in [6, 6.07) is 6.50. The first-order chi connectivity index (χ1) is 13.4. The van der Waals surface area contributed by atoms with Crippen LogP contribution in [0.4, 0.5) is 5.69 Å². The zero-order valence-corrected chi connectivity index (χ0v) is 16.3. The van der Waals surface area contributed by atoms with Crippen molar-refractivity contribution in [3.63, 3.8) is 0 Å². The standard InChI is InChI=1S/C16H14ClN7O3S/c1-23-16-12(20-22-23)3-4-13(27-2)15(16)21-28(25,26)11-8-19-24(9-11)14-7-10(17)5-6-18-14/h3-9,21H,1-2H3. The molecule has 3 aromatic heterocycles. The van der Waals surface area contributed by atoms with Crippen LogP contribution >= 0.6 is 11.6 Å². The third-order valence-electron chi connectivity index (χ3n) is 4.00. The van der Waals surface area contributed by atoms with E-state index < -0.39 is 10.0 Å². The lowest BCUT2D eigenvalue weighted by atomic mass is 10.2. The van der Waals surface area contributed by atoms with Crippen LogP contribution < -0.4 is 9.46 Å². The van der Waals surface area contributed by atoms with Crippen molar-refractivity contribution in [1.82, 2.24) is 29.8 Å². The van der Waals surface area contributed by atoms with Crippen LogP contribution in [0.15, 0.2) is 47.8 Å². The number of anilines is 1. The Kier molecular flexibility index (Phi) is 4.40. The molecule has 3 heterocycles. The molecule has 28 heavy (non-hydrogen) atoms. The maximum Gasteiger partial charge on any atom is 0.265 e. The summed E-state index contributed by atoms with van der Waals surface area (Å²) in [5.74, 6) is 0.731. The van der Waals surface area contributed by atoms with Crippen molar-refractivity contribution in [2.75, 3.05) is 11.8 Å². The highest BCUT2D eigenvalue weighted by atomic mass is 35.5. The van der Waals surface area contributed by atoms with Crippen LogP contribution in [0.1, 0.15) is 0 Å². The van der Waals surface area contributed by atoms with Gasteiger partial charge in [0.15, 0.2) is 5.82 Å². The highest BCUT2D eigenvalue weighted by Gasteiger charge is 2.23. The van der Waals surface area contributed by atoms with Gasteiger partial charge in [-0.15, -0.1) is 5.10 Å². The normalized spacial score (nSPS) is 11.7. The molecule has 0 saturated heterocycles. The number of halogens is 1. The van der Waals surface area contributed by atoms with E-state index in [4.69, 9.17) is 16.3 Å². The van der Waals surface area contributed by atoms with E-state index in [1.807, 2.05) is 0 Å². The Hall–Kier alpha value is -3.18. The predicted octanol–water partition coefficient (Wildman–Crippen LogP) is 2.01. The summed E-state index contributed by atoms with van der Waals surface area (Å²) in [5, 5.41) is 12.4. The van der Waals surface area contributed by atoms with Crippen molar-refractivity contribution in [2.24, 2.45) is 7.05 Å². The lowest BCUT2D eigenvalue weighted by molar-refractivity contribution is 0.417. The van der Waals surface area contributed by atoms with Crippen LogP contribution in [-0.4, -0.2) is 45.3 Å². The van der Waals surface area contributed by atoms with E-state index >= 15 is 0 Å². The minimum atomic E-state index is -3.97. The molecule has 144 valence electrons. The number of aryl methyl sites for hydroxylation is 1. The summed E-state index contributed by atoms with van der Waals surface area (Å²) < 4.78 is 36.5. The van der Waals surface area contributed by atoms with Gasteiger partial charge in [-0.05, 0) is 18.2 Å². The van der Waals surface area contributed by atoms with E-state index in [1.165, 1.54) is 35.1 Å². The van der Waals surface area contributed by atoms with Crippen LogP contribution in [0.5, 0.6) is 5.75 Å². The summed E-state index contributed by atoms with van der Waals surface area (Å²) in [4.78, 5) is 4.07. The van der Waals surface area contributed by atoms with Crippen molar-refractivity contribution in [1.29, 1.82) is 0 Å². The number of sulfonamides is 1. The van der Waals surface area contributed by atoms with Crippen molar-refractivity contribution >= 4 is 38.3 Å². The van der Waals surface area contributed by atoms with E-state index in [9.17, 15) is 8.42 Å². The number of methoxy groups -OCH3 is 1. The van der Waals surface area contributed by atoms with E-state index in [2.05, 4.69) is 25.1 Å². The average molecular weight is 420 g/mol. The van der Waals surface area contributed by atoms with Crippen LogP contribution in [0.2, 0.25) is 5.02 Å². The third-order valence-corrected chi connectivity index (χ3v) is 5.54. The molecule has 0 unspecified atom stereocenters. The summed E-state index contributed by atoms with van der Waals surface area (Å²) in [7, 11) is -0.860. The molecule has 0 spiro atoms. The van der Waals surface area contributed by atoms with Gasteiger partial charge in [-0.3, -0.25) is 4.72 Å². The van der Waals surface area contributed by atoms with Crippen LogP contribution in [-0.2, 0) is 17.1 Å². The first-order valence-corrected chi connectivity index (χ1v) is 9.81. The van der Waals surface area contributed by atoms with E-state index in [0.717, 1.165) is 0 Å². The van der Waals surface area contributed by atoms with Gasteiger partial charge in [0.1, 0.15) is 27.4 Å². The fraction of sp³-hybridized carbons (Fsp3) is 0.125. The number of ether oxygens (including phenoxy) is 1. The molecule has 10 nitrogen and oxygen atoms in total. The molecule has 0 bridgehead atoms. The van der Waals surface area contributed by atoms with Gasteiger partial charge in [-0.2, -0.15) is 5.10 Å². The molecule has 0 aliphatic carbocycles. The van der Waals surface area contributed by atoms with Crippen LogP contribution in [0.25, 0.3) is 16.9 Å². The fourth-order valence-electron chi connectivity index (χ4n) is 2.68. The predicted molar refractivity (Wildman–Crippen MR) is 102 cm³/mol. The molecule has 0 fully saturated rings. The molecular formula is C16H14ClN7O3S. The fourth-order valence-corrected chi connectivity index (χ4v) is 3.84. The monoisotopic (exact) mass is 419 g/mol. The molecule has 1 aromatic carbocycles. The number of nitrogens with one attached hydrogen (secondary N) is 1. The summed E-state index contributed by atoms with van der Waals surface area (Å²) in [6.07, 6.45) is 4.07. The highest BCUT2D eigenvalue weighted by molar-refractivity contribution is 7.92. The molecule has 4 aromatic rings. The number of hydrogen-bond acceptors (Lipinski definition) is 7. The molecule has 0 radical (unpaired) electrons. The Bertz CT molecular complexity index is 1280. The number of rotatable bonds is 5. The maximum absolute atomic E-state index is 12.9. The average Bonchev–Trinajstić information content (AvgIpc) is 3.30. The highest BCUT2D eigenvalue weighted by Crippen LogP contribution is 2.33. The van der Waals surface area contributed by atoms with Gasteiger partial charge in [0.25, 0.3) is 10.0 Å². The molecule has 1 N–H and O–H groups in total. The smallest absolute Gasteiger partial charge is 0.265 e.